The number of quaternary nitrogens is 1. The number of hydrogen-bond donors (Lipinski definition) is 2. The van der Waals surface area contributed by atoms with E-state index in [0.29, 0.717) is 11.3 Å². The summed E-state index contributed by atoms with van der Waals surface area (Å²) in [5.74, 6) is -0.0767. The van der Waals surface area contributed by atoms with Crippen molar-refractivity contribution in [1.82, 2.24) is 0 Å². The molecule has 4 nitrogen and oxygen atoms in total. The van der Waals surface area contributed by atoms with Crippen molar-refractivity contribution < 1.29 is 14.5 Å². The van der Waals surface area contributed by atoms with Gasteiger partial charge in [-0.15, -0.1) is 0 Å². The first-order valence-corrected chi connectivity index (χ1v) is 9.16. The Balaban J connectivity index is 1.66. The highest BCUT2D eigenvalue weighted by molar-refractivity contribution is 5.98. The fourth-order valence-electron chi connectivity index (χ4n) is 3.11. The molecule has 138 valence electrons. The maximum Gasteiger partial charge on any atom is 0.282 e. The second-order valence-corrected chi connectivity index (χ2v) is 7.05. The number of hydrogen-bond acceptors (Lipinski definition) is 2. The highest BCUT2D eigenvalue weighted by Crippen LogP contribution is 2.15. The minimum atomic E-state index is -0.225. The van der Waals surface area contributed by atoms with Crippen LogP contribution in [-0.4, -0.2) is 24.8 Å². The van der Waals surface area contributed by atoms with Crippen LogP contribution in [0.1, 0.15) is 29.8 Å². The molecule has 0 aliphatic carbocycles. The third kappa shape index (κ3) is 4.60. The maximum atomic E-state index is 12.6. The standard InChI is InChI=1S/C23H24N2O2/c1-16(23(27)24-22-10-6-9-20(14-22)17(2)26)25(3)15-18-11-12-19-7-4-5-8-21(19)13-18/h4-14,16H,15H2,1-3H3,(H,24,27)/p+1/t16-/m1/s1. The molecule has 2 atom stereocenters. The van der Waals surface area contributed by atoms with Crippen LogP contribution in [0.15, 0.2) is 66.7 Å². The Morgan fingerprint density at radius 3 is 2.44 bits per heavy atom. The molecule has 1 amide bonds. The van der Waals surface area contributed by atoms with Crippen LogP contribution >= 0.6 is 0 Å². The summed E-state index contributed by atoms with van der Waals surface area (Å²) in [6, 6.07) is 21.5. The number of amides is 1. The van der Waals surface area contributed by atoms with Crippen molar-refractivity contribution >= 4 is 28.2 Å². The van der Waals surface area contributed by atoms with Crippen molar-refractivity contribution in [3.8, 4) is 0 Å². The summed E-state index contributed by atoms with van der Waals surface area (Å²) in [5, 5.41) is 5.35. The number of likely N-dealkylation sites (N-methyl/N-ethyl adjacent to an activating group) is 1. The highest BCUT2D eigenvalue weighted by Gasteiger charge is 2.22. The molecule has 27 heavy (non-hydrogen) atoms. The molecule has 0 heterocycles. The van der Waals surface area contributed by atoms with Gasteiger partial charge in [-0.2, -0.15) is 0 Å². The van der Waals surface area contributed by atoms with Gasteiger partial charge in [-0.25, -0.2) is 0 Å². The number of rotatable bonds is 6. The molecule has 0 aliphatic rings. The lowest BCUT2D eigenvalue weighted by molar-refractivity contribution is -0.907. The molecule has 3 aromatic rings. The summed E-state index contributed by atoms with van der Waals surface area (Å²) in [6.45, 7) is 4.19. The van der Waals surface area contributed by atoms with E-state index in [9.17, 15) is 9.59 Å². The van der Waals surface area contributed by atoms with Gasteiger partial charge in [-0.3, -0.25) is 9.59 Å². The quantitative estimate of drug-likeness (QED) is 0.663. The van der Waals surface area contributed by atoms with Gasteiger partial charge in [0, 0.05) is 16.8 Å². The van der Waals surface area contributed by atoms with Gasteiger partial charge in [-0.05, 0) is 42.8 Å². The molecule has 0 fully saturated rings. The zero-order chi connectivity index (χ0) is 19.4. The fraction of sp³-hybridized carbons (Fsp3) is 0.217. The summed E-state index contributed by atoms with van der Waals surface area (Å²) < 4.78 is 0. The van der Waals surface area contributed by atoms with Crippen LogP contribution in [0.5, 0.6) is 0 Å². The number of nitrogens with one attached hydrogen (secondary N) is 2. The second kappa shape index (κ2) is 8.14. The maximum absolute atomic E-state index is 12.6. The van der Waals surface area contributed by atoms with Gasteiger partial charge in [-0.1, -0.05) is 48.5 Å². The third-order valence-corrected chi connectivity index (χ3v) is 4.97. The third-order valence-electron chi connectivity index (χ3n) is 4.97. The van der Waals surface area contributed by atoms with E-state index in [1.54, 1.807) is 24.3 Å². The Kier molecular flexibility index (Phi) is 5.67. The van der Waals surface area contributed by atoms with E-state index in [2.05, 4.69) is 35.6 Å². The van der Waals surface area contributed by atoms with Crippen LogP contribution < -0.4 is 10.2 Å². The van der Waals surface area contributed by atoms with E-state index in [4.69, 9.17) is 0 Å². The molecule has 0 bridgehead atoms. The van der Waals surface area contributed by atoms with Gasteiger partial charge >= 0.3 is 0 Å². The Labute approximate surface area is 159 Å². The first-order chi connectivity index (χ1) is 12.9. The second-order valence-electron chi connectivity index (χ2n) is 7.05. The van der Waals surface area contributed by atoms with Crippen LogP contribution in [0.25, 0.3) is 10.8 Å². The van der Waals surface area contributed by atoms with E-state index < -0.39 is 0 Å². The molecule has 3 aromatic carbocycles. The Morgan fingerprint density at radius 1 is 0.963 bits per heavy atom. The largest absolute Gasteiger partial charge is 0.324 e. The van der Waals surface area contributed by atoms with Gasteiger partial charge in [0.25, 0.3) is 5.91 Å². The molecule has 3 rings (SSSR count). The van der Waals surface area contributed by atoms with Crippen LogP contribution in [0.3, 0.4) is 0 Å². The Bertz CT molecular complexity index is 981. The minimum Gasteiger partial charge on any atom is -0.324 e. The van der Waals surface area contributed by atoms with Crippen molar-refractivity contribution in [2.24, 2.45) is 0 Å². The summed E-state index contributed by atoms with van der Waals surface area (Å²) in [7, 11) is 2.02. The summed E-state index contributed by atoms with van der Waals surface area (Å²) in [5.41, 5.74) is 2.44. The lowest BCUT2D eigenvalue weighted by atomic mass is 10.1. The van der Waals surface area contributed by atoms with Crippen molar-refractivity contribution in [1.29, 1.82) is 0 Å². The Morgan fingerprint density at radius 2 is 1.70 bits per heavy atom. The number of ketones is 1. The van der Waals surface area contributed by atoms with Crippen LogP contribution in [-0.2, 0) is 11.3 Å². The lowest BCUT2D eigenvalue weighted by Crippen LogP contribution is -3.12. The lowest BCUT2D eigenvalue weighted by Gasteiger charge is -2.21. The van der Waals surface area contributed by atoms with E-state index in [0.717, 1.165) is 11.4 Å². The zero-order valence-electron chi connectivity index (χ0n) is 16.0. The molecule has 0 saturated carbocycles. The summed E-state index contributed by atoms with van der Waals surface area (Å²) >= 11 is 0. The predicted octanol–water partition coefficient (Wildman–Crippen LogP) is 3.08. The molecule has 0 aliphatic heterocycles. The highest BCUT2D eigenvalue weighted by atomic mass is 16.2. The molecular weight excluding hydrogens is 336 g/mol. The molecule has 0 aromatic heterocycles. The van der Waals surface area contributed by atoms with Gasteiger partial charge in [0.1, 0.15) is 6.54 Å². The van der Waals surface area contributed by atoms with E-state index in [1.165, 1.54) is 23.3 Å². The molecule has 2 N–H and O–H groups in total. The molecule has 4 heteroatoms. The van der Waals surface area contributed by atoms with Crippen LogP contribution in [0.4, 0.5) is 5.69 Å². The first kappa shape index (κ1) is 18.8. The number of anilines is 1. The van der Waals surface area contributed by atoms with Gasteiger partial charge in [0.2, 0.25) is 0 Å². The molecule has 0 radical (unpaired) electrons. The summed E-state index contributed by atoms with van der Waals surface area (Å²) in [6.07, 6.45) is 0. The van der Waals surface area contributed by atoms with Crippen LogP contribution in [0.2, 0.25) is 0 Å². The number of fused-ring (bicyclic) bond motifs is 1. The van der Waals surface area contributed by atoms with Crippen molar-refractivity contribution in [3.05, 3.63) is 77.9 Å². The van der Waals surface area contributed by atoms with Gasteiger partial charge < -0.3 is 10.2 Å². The molecule has 1 unspecified atom stereocenters. The van der Waals surface area contributed by atoms with Crippen molar-refractivity contribution in [2.75, 3.05) is 12.4 Å². The van der Waals surface area contributed by atoms with Crippen molar-refractivity contribution in [2.45, 2.75) is 26.4 Å². The minimum absolute atomic E-state index is 0.0156. The number of carbonyl (C=O) groups is 2. The smallest absolute Gasteiger partial charge is 0.282 e. The predicted molar refractivity (Wildman–Crippen MR) is 109 cm³/mol. The number of carbonyl (C=O) groups excluding carboxylic acids is 2. The molecule has 0 spiro atoms. The van der Waals surface area contributed by atoms with Crippen molar-refractivity contribution in [3.63, 3.8) is 0 Å². The summed E-state index contributed by atoms with van der Waals surface area (Å²) in [4.78, 5) is 25.2. The number of Topliss-reactive ketones (excluding diaryl/α,β-unsaturated/α-hetero) is 1. The van der Waals surface area contributed by atoms with Crippen LogP contribution in [0, 0.1) is 0 Å². The zero-order valence-corrected chi connectivity index (χ0v) is 16.0. The molecular formula is C23H25N2O2+. The normalized spacial score (nSPS) is 13.1. The van der Waals surface area contributed by atoms with E-state index >= 15 is 0 Å². The molecule has 0 saturated heterocycles. The average molecular weight is 361 g/mol. The Hall–Kier alpha value is -2.98. The topological polar surface area (TPSA) is 50.6 Å². The number of benzene rings is 3. The van der Waals surface area contributed by atoms with Gasteiger partial charge in [0.15, 0.2) is 11.8 Å². The van der Waals surface area contributed by atoms with E-state index in [-0.39, 0.29) is 17.7 Å². The van der Waals surface area contributed by atoms with E-state index in [1.807, 2.05) is 26.1 Å². The SMILES string of the molecule is CC(=O)c1cccc(NC(=O)[C@@H](C)[NH+](C)Cc2ccc3ccccc3c2)c1. The average Bonchev–Trinajstić information content (AvgIpc) is 2.67. The van der Waals surface area contributed by atoms with Gasteiger partial charge in [0.05, 0.1) is 7.05 Å². The fourth-order valence-corrected chi connectivity index (χ4v) is 3.11. The first-order valence-electron chi connectivity index (χ1n) is 9.16. The monoisotopic (exact) mass is 361 g/mol.